The van der Waals surface area contributed by atoms with E-state index in [-0.39, 0.29) is 17.9 Å². The Labute approximate surface area is 82.6 Å². The molecule has 0 aliphatic rings. The van der Waals surface area contributed by atoms with E-state index in [1.165, 1.54) is 6.07 Å². The third-order valence-electron chi connectivity index (χ3n) is 1.87. The second-order valence-corrected chi connectivity index (χ2v) is 3.12. The molecule has 0 unspecified atom stereocenters. The Balaban J connectivity index is 2.73. The summed E-state index contributed by atoms with van der Waals surface area (Å²) in [6, 6.07) is 1.47. The molecule has 0 aliphatic heterocycles. The van der Waals surface area contributed by atoms with Gasteiger partial charge in [-0.2, -0.15) is 0 Å². The molecule has 0 bridgehead atoms. The molecule has 1 rings (SSSR count). The molecule has 0 atom stereocenters. The number of rotatable bonds is 3. The molecule has 0 saturated heterocycles. The van der Waals surface area contributed by atoms with Crippen LogP contribution in [-0.2, 0) is 11.3 Å². The minimum Gasteiger partial charge on any atom is -0.355 e. The van der Waals surface area contributed by atoms with Crippen LogP contribution in [0.15, 0.2) is 23.3 Å². The predicted molar refractivity (Wildman–Crippen MR) is 54.1 cm³/mol. The number of carbonyl (C=O) groups is 1. The average Bonchev–Trinajstić information content (AvgIpc) is 2.12. The Morgan fingerprint density at radius 1 is 1.57 bits per heavy atom. The second kappa shape index (κ2) is 4.60. The van der Waals surface area contributed by atoms with Gasteiger partial charge >= 0.3 is 0 Å². The van der Waals surface area contributed by atoms with E-state index >= 15 is 0 Å². The average molecular weight is 194 g/mol. The van der Waals surface area contributed by atoms with Gasteiger partial charge in [0.15, 0.2) is 5.43 Å². The molecule has 4 heteroatoms. The lowest BCUT2D eigenvalue weighted by Gasteiger charge is -2.06. The van der Waals surface area contributed by atoms with Crippen molar-refractivity contribution in [2.45, 2.75) is 20.4 Å². The largest absolute Gasteiger partial charge is 0.355 e. The molecule has 1 aromatic rings. The van der Waals surface area contributed by atoms with E-state index in [9.17, 15) is 9.59 Å². The third kappa shape index (κ3) is 2.73. The van der Waals surface area contributed by atoms with Crippen LogP contribution in [0.4, 0.5) is 0 Å². The number of nitrogens with zero attached hydrogens (tertiary/aromatic N) is 1. The van der Waals surface area contributed by atoms with Gasteiger partial charge in [0, 0.05) is 30.6 Å². The molecule has 0 spiro atoms. The molecular formula is C10H14N2O2. The van der Waals surface area contributed by atoms with E-state index in [0.717, 1.165) is 0 Å². The summed E-state index contributed by atoms with van der Waals surface area (Å²) in [6.07, 6.45) is 3.29. The molecule has 4 nitrogen and oxygen atoms in total. The lowest BCUT2D eigenvalue weighted by atomic mass is 10.3. The monoisotopic (exact) mass is 194 g/mol. The number of nitrogens with one attached hydrogen (secondary N) is 1. The first-order valence-electron chi connectivity index (χ1n) is 4.57. The molecule has 76 valence electrons. The van der Waals surface area contributed by atoms with E-state index in [1.807, 2.05) is 6.92 Å². The lowest BCUT2D eigenvalue weighted by Crippen LogP contribution is -2.27. The minimum absolute atomic E-state index is 0.00264. The Morgan fingerprint density at radius 3 is 2.86 bits per heavy atom. The van der Waals surface area contributed by atoms with Gasteiger partial charge in [0.25, 0.3) is 0 Å². The molecular weight excluding hydrogens is 180 g/mol. The summed E-state index contributed by atoms with van der Waals surface area (Å²) in [4.78, 5) is 22.3. The highest BCUT2D eigenvalue weighted by atomic mass is 16.2. The van der Waals surface area contributed by atoms with Crippen LogP contribution in [0.5, 0.6) is 0 Å². The summed E-state index contributed by atoms with van der Waals surface area (Å²) in [5.74, 6) is -0.0458. The first kappa shape index (κ1) is 10.5. The van der Waals surface area contributed by atoms with Gasteiger partial charge in [-0.25, -0.2) is 0 Å². The first-order chi connectivity index (χ1) is 6.63. The maximum absolute atomic E-state index is 11.2. The predicted octanol–water partition coefficient (Wildman–Crippen LogP) is 0.293. The highest BCUT2D eigenvalue weighted by Gasteiger charge is 2.00. The van der Waals surface area contributed by atoms with Crippen molar-refractivity contribution < 1.29 is 4.79 Å². The van der Waals surface area contributed by atoms with Crippen LogP contribution >= 0.6 is 0 Å². The van der Waals surface area contributed by atoms with E-state index in [4.69, 9.17) is 0 Å². The number of amides is 1. The number of carbonyl (C=O) groups excluding carboxylic acids is 1. The van der Waals surface area contributed by atoms with Crippen LogP contribution < -0.4 is 10.7 Å². The Morgan fingerprint density at radius 2 is 2.29 bits per heavy atom. The first-order valence-corrected chi connectivity index (χ1v) is 4.57. The van der Waals surface area contributed by atoms with E-state index in [2.05, 4.69) is 5.32 Å². The summed E-state index contributed by atoms with van der Waals surface area (Å²) in [6.45, 7) is 4.48. The number of hydrogen-bond donors (Lipinski definition) is 1. The van der Waals surface area contributed by atoms with Gasteiger partial charge in [-0.1, -0.05) is 0 Å². The Kier molecular flexibility index (Phi) is 3.45. The summed E-state index contributed by atoms with van der Waals surface area (Å²) < 4.78 is 1.70. The molecule has 0 aliphatic carbocycles. The maximum atomic E-state index is 11.2. The molecule has 14 heavy (non-hydrogen) atoms. The van der Waals surface area contributed by atoms with Gasteiger partial charge in [-0.05, 0) is 13.8 Å². The number of aryl methyl sites for hydroxylation is 1. The zero-order valence-corrected chi connectivity index (χ0v) is 8.41. The molecule has 1 heterocycles. The zero-order chi connectivity index (χ0) is 10.6. The Bertz CT molecular complexity index is 382. The van der Waals surface area contributed by atoms with E-state index in [0.29, 0.717) is 12.1 Å². The molecule has 1 amide bonds. The fraction of sp³-hybridized carbons (Fsp3) is 0.400. The quantitative estimate of drug-likeness (QED) is 0.752. The maximum Gasteiger partial charge on any atom is 0.239 e. The summed E-state index contributed by atoms with van der Waals surface area (Å²) in [5.41, 5.74) is 0.647. The molecule has 0 aromatic carbocycles. The van der Waals surface area contributed by atoms with Crippen molar-refractivity contribution in [3.63, 3.8) is 0 Å². The molecule has 0 saturated carbocycles. The van der Waals surface area contributed by atoms with Crippen molar-refractivity contribution in [1.82, 2.24) is 9.88 Å². The highest BCUT2D eigenvalue weighted by molar-refractivity contribution is 5.75. The van der Waals surface area contributed by atoms with Gasteiger partial charge in [0.05, 0.1) is 0 Å². The van der Waals surface area contributed by atoms with Crippen LogP contribution in [0.2, 0.25) is 0 Å². The normalized spacial score (nSPS) is 9.86. The molecule has 0 fully saturated rings. The summed E-state index contributed by atoms with van der Waals surface area (Å²) >= 11 is 0. The van der Waals surface area contributed by atoms with E-state index < -0.39 is 0 Å². The van der Waals surface area contributed by atoms with Gasteiger partial charge in [-0.3, -0.25) is 9.59 Å². The lowest BCUT2D eigenvalue weighted by molar-refractivity contribution is -0.121. The zero-order valence-electron chi connectivity index (χ0n) is 8.41. The second-order valence-electron chi connectivity index (χ2n) is 3.12. The summed E-state index contributed by atoms with van der Waals surface area (Å²) in [5, 5.41) is 2.69. The van der Waals surface area contributed by atoms with Crippen molar-refractivity contribution in [3.05, 3.63) is 34.2 Å². The molecule has 1 N–H and O–H groups in total. The summed E-state index contributed by atoms with van der Waals surface area (Å²) in [7, 11) is 0. The SMILES string of the molecule is CCNC(=O)Cn1ccc(=O)c(C)c1. The van der Waals surface area contributed by atoms with Crippen molar-refractivity contribution >= 4 is 5.91 Å². The number of likely N-dealkylation sites (N-methyl/N-ethyl adjacent to an activating group) is 1. The molecule has 0 radical (unpaired) electrons. The highest BCUT2D eigenvalue weighted by Crippen LogP contribution is 1.90. The van der Waals surface area contributed by atoms with Crippen molar-refractivity contribution in [2.75, 3.05) is 6.54 Å². The van der Waals surface area contributed by atoms with Crippen LogP contribution in [0.3, 0.4) is 0 Å². The standard InChI is InChI=1S/C10H14N2O2/c1-3-11-10(14)7-12-5-4-9(13)8(2)6-12/h4-6H,3,7H2,1-2H3,(H,11,14). The smallest absolute Gasteiger partial charge is 0.239 e. The van der Waals surface area contributed by atoms with Crippen molar-refractivity contribution in [2.24, 2.45) is 0 Å². The fourth-order valence-electron chi connectivity index (χ4n) is 1.17. The minimum atomic E-state index is -0.0458. The number of hydrogen-bond acceptors (Lipinski definition) is 2. The van der Waals surface area contributed by atoms with Crippen LogP contribution in [0, 0.1) is 6.92 Å². The van der Waals surface area contributed by atoms with Crippen molar-refractivity contribution in [1.29, 1.82) is 0 Å². The van der Waals surface area contributed by atoms with Gasteiger partial charge < -0.3 is 9.88 Å². The molecule has 1 aromatic heterocycles. The topological polar surface area (TPSA) is 51.1 Å². The van der Waals surface area contributed by atoms with Crippen LogP contribution in [-0.4, -0.2) is 17.0 Å². The van der Waals surface area contributed by atoms with Crippen LogP contribution in [0.1, 0.15) is 12.5 Å². The number of pyridine rings is 1. The van der Waals surface area contributed by atoms with Gasteiger partial charge in [-0.15, -0.1) is 0 Å². The van der Waals surface area contributed by atoms with E-state index in [1.54, 1.807) is 23.9 Å². The van der Waals surface area contributed by atoms with Crippen molar-refractivity contribution in [3.8, 4) is 0 Å². The van der Waals surface area contributed by atoms with Gasteiger partial charge in [0.2, 0.25) is 5.91 Å². The van der Waals surface area contributed by atoms with Gasteiger partial charge in [0.1, 0.15) is 6.54 Å². The van der Waals surface area contributed by atoms with Crippen LogP contribution in [0.25, 0.3) is 0 Å². The Hall–Kier alpha value is -1.58. The fourth-order valence-corrected chi connectivity index (χ4v) is 1.17. The number of aromatic nitrogens is 1. The third-order valence-corrected chi connectivity index (χ3v) is 1.87.